The highest BCUT2D eigenvalue weighted by Gasteiger charge is 2.13. The Kier molecular flexibility index (Phi) is 5.24. The van der Waals surface area contributed by atoms with Crippen LogP contribution in [0.1, 0.15) is 18.2 Å². The lowest BCUT2D eigenvalue weighted by Gasteiger charge is -2.10. The molecule has 1 N–H and O–H groups in total. The summed E-state index contributed by atoms with van der Waals surface area (Å²) in [5.41, 5.74) is 3.60. The molecule has 5 heteroatoms. The van der Waals surface area contributed by atoms with Gasteiger partial charge in [0.2, 0.25) is 5.76 Å². The Bertz CT molecular complexity index is 994. The number of rotatable bonds is 4. The fourth-order valence-electron chi connectivity index (χ4n) is 2.71. The van der Waals surface area contributed by atoms with Gasteiger partial charge in [0.15, 0.2) is 0 Å². The third-order valence-corrected chi connectivity index (χ3v) is 4.24. The van der Waals surface area contributed by atoms with E-state index < -0.39 is 11.7 Å². The first kappa shape index (κ1) is 18.0. The van der Waals surface area contributed by atoms with Crippen LogP contribution in [-0.4, -0.2) is 22.7 Å². The Morgan fingerprint density at radius 2 is 1.92 bits per heavy atom. The number of hydrogen-bond acceptors (Lipinski definition) is 4. The van der Waals surface area contributed by atoms with Crippen LogP contribution < -0.4 is 0 Å². The fourth-order valence-corrected chi connectivity index (χ4v) is 2.88. The zero-order chi connectivity index (χ0) is 18.7. The van der Waals surface area contributed by atoms with E-state index in [0.29, 0.717) is 10.7 Å². The van der Waals surface area contributed by atoms with Crippen molar-refractivity contribution in [1.82, 2.24) is 4.98 Å². The van der Waals surface area contributed by atoms with Gasteiger partial charge in [-0.05, 0) is 36.9 Å². The van der Waals surface area contributed by atoms with Gasteiger partial charge < -0.3 is 9.84 Å². The quantitative estimate of drug-likeness (QED) is 0.385. The van der Waals surface area contributed by atoms with Gasteiger partial charge in [-0.3, -0.25) is 4.98 Å². The van der Waals surface area contributed by atoms with E-state index in [1.807, 2.05) is 37.3 Å². The van der Waals surface area contributed by atoms with E-state index in [-0.39, 0.29) is 6.61 Å². The minimum atomic E-state index is -0.785. The lowest BCUT2D eigenvalue weighted by atomic mass is 9.98. The summed E-state index contributed by atoms with van der Waals surface area (Å²) in [6.45, 7) is 3.89. The average Bonchev–Trinajstić information content (AvgIpc) is 2.63. The van der Waals surface area contributed by atoms with Crippen LogP contribution in [0.25, 0.3) is 28.0 Å². The second kappa shape index (κ2) is 7.58. The number of nitrogens with zero attached hydrogens (tertiary/aromatic N) is 1. The Labute approximate surface area is 156 Å². The van der Waals surface area contributed by atoms with E-state index in [9.17, 15) is 9.90 Å². The molecular weight excluding hydrogens is 350 g/mol. The van der Waals surface area contributed by atoms with Crippen molar-refractivity contribution < 1.29 is 14.6 Å². The topological polar surface area (TPSA) is 59.4 Å². The van der Waals surface area contributed by atoms with E-state index in [4.69, 9.17) is 16.3 Å². The molecule has 1 heterocycles. The second-order valence-electron chi connectivity index (χ2n) is 5.86. The molecule has 3 rings (SSSR count). The monoisotopic (exact) mass is 367 g/mol. The maximum absolute atomic E-state index is 11.7. The molecule has 0 saturated carbocycles. The number of benzene rings is 2. The molecule has 0 radical (unpaired) electrons. The van der Waals surface area contributed by atoms with Gasteiger partial charge >= 0.3 is 5.97 Å². The zero-order valence-electron chi connectivity index (χ0n) is 14.5. The van der Waals surface area contributed by atoms with Gasteiger partial charge in [-0.1, -0.05) is 47.5 Å². The molecule has 0 amide bonds. The van der Waals surface area contributed by atoms with E-state index in [0.717, 1.165) is 21.9 Å². The van der Waals surface area contributed by atoms with E-state index >= 15 is 0 Å². The SMILES string of the molecule is CCOC(=O)/C(O)=C/c1ncc(-c2ccc(C)cc2)c2ccc(Cl)cc12. The molecule has 26 heavy (non-hydrogen) atoms. The van der Waals surface area contributed by atoms with Gasteiger partial charge in [0, 0.05) is 28.2 Å². The predicted molar refractivity (Wildman–Crippen MR) is 104 cm³/mol. The number of aliphatic hydroxyl groups excluding tert-OH is 1. The van der Waals surface area contributed by atoms with Crippen LogP contribution >= 0.6 is 11.6 Å². The van der Waals surface area contributed by atoms with Gasteiger partial charge in [-0.15, -0.1) is 0 Å². The van der Waals surface area contributed by atoms with Gasteiger partial charge in [-0.2, -0.15) is 0 Å². The number of carbonyl (C=O) groups is 1. The van der Waals surface area contributed by atoms with Crippen molar-refractivity contribution in [3.05, 3.63) is 70.7 Å². The highest BCUT2D eigenvalue weighted by atomic mass is 35.5. The molecule has 0 aliphatic carbocycles. The van der Waals surface area contributed by atoms with Crippen molar-refractivity contribution in [2.45, 2.75) is 13.8 Å². The summed E-state index contributed by atoms with van der Waals surface area (Å²) in [5.74, 6) is -1.28. The van der Waals surface area contributed by atoms with Crippen molar-refractivity contribution in [2.24, 2.45) is 0 Å². The fraction of sp³-hybridized carbons (Fsp3) is 0.143. The van der Waals surface area contributed by atoms with Crippen LogP contribution in [0, 0.1) is 6.92 Å². The minimum Gasteiger partial charge on any atom is -0.502 e. The number of aryl methyl sites for hydroxylation is 1. The average molecular weight is 368 g/mol. The lowest BCUT2D eigenvalue weighted by Crippen LogP contribution is -2.07. The molecule has 3 aromatic rings. The number of pyridine rings is 1. The number of halogens is 1. The third kappa shape index (κ3) is 3.70. The summed E-state index contributed by atoms with van der Waals surface area (Å²) in [5, 5.41) is 12.2. The van der Waals surface area contributed by atoms with Crippen LogP contribution in [0.2, 0.25) is 5.02 Å². The summed E-state index contributed by atoms with van der Waals surface area (Å²) in [7, 11) is 0. The van der Waals surface area contributed by atoms with Gasteiger partial charge in [0.05, 0.1) is 12.3 Å². The molecule has 132 valence electrons. The number of aliphatic hydroxyl groups is 1. The largest absolute Gasteiger partial charge is 0.502 e. The maximum atomic E-state index is 11.7. The van der Waals surface area contributed by atoms with Gasteiger partial charge in [0.25, 0.3) is 0 Å². The van der Waals surface area contributed by atoms with E-state index in [1.54, 1.807) is 25.3 Å². The molecule has 1 aromatic heterocycles. The smallest absolute Gasteiger partial charge is 0.373 e. The molecule has 0 saturated heterocycles. The first-order valence-corrected chi connectivity index (χ1v) is 8.60. The summed E-state index contributed by atoms with van der Waals surface area (Å²) in [4.78, 5) is 16.1. The maximum Gasteiger partial charge on any atom is 0.373 e. The van der Waals surface area contributed by atoms with Crippen LogP contribution in [0.15, 0.2) is 54.4 Å². The minimum absolute atomic E-state index is 0.184. The summed E-state index contributed by atoms with van der Waals surface area (Å²) < 4.78 is 4.80. The highest BCUT2D eigenvalue weighted by molar-refractivity contribution is 6.31. The van der Waals surface area contributed by atoms with Crippen molar-refractivity contribution in [3.63, 3.8) is 0 Å². The Hall–Kier alpha value is -2.85. The van der Waals surface area contributed by atoms with Crippen molar-refractivity contribution in [3.8, 4) is 11.1 Å². The van der Waals surface area contributed by atoms with Crippen molar-refractivity contribution >= 4 is 34.4 Å². The van der Waals surface area contributed by atoms with Crippen molar-refractivity contribution in [2.75, 3.05) is 6.61 Å². The van der Waals surface area contributed by atoms with E-state index in [2.05, 4.69) is 4.98 Å². The van der Waals surface area contributed by atoms with Crippen LogP contribution in [0.3, 0.4) is 0 Å². The number of esters is 1. The zero-order valence-corrected chi connectivity index (χ0v) is 15.2. The Morgan fingerprint density at radius 1 is 1.19 bits per heavy atom. The molecule has 0 bridgehead atoms. The molecule has 0 spiro atoms. The predicted octanol–water partition coefficient (Wildman–Crippen LogP) is 5.33. The molecular formula is C21H18ClNO3. The number of hydrogen-bond donors (Lipinski definition) is 1. The normalized spacial score (nSPS) is 11.6. The van der Waals surface area contributed by atoms with Crippen molar-refractivity contribution in [1.29, 1.82) is 0 Å². The summed E-state index contributed by atoms with van der Waals surface area (Å²) in [6, 6.07) is 13.6. The Balaban J connectivity index is 2.17. The lowest BCUT2D eigenvalue weighted by molar-refractivity contribution is -0.141. The number of ether oxygens (including phenoxy) is 1. The van der Waals surface area contributed by atoms with Gasteiger partial charge in [0.1, 0.15) is 0 Å². The van der Waals surface area contributed by atoms with E-state index in [1.165, 1.54) is 11.6 Å². The van der Waals surface area contributed by atoms with Crippen LogP contribution in [0.4, 0.5) is 0 Å². The summed E-state index contributed by atoms with van der Waals surface area (Å²) in [6.07, 6.45) is 3.03. The first-order chi connectivity index (χ1) is 12.5. The molecule has 0 unspecified atom stereocenters. The van der Waals surface area contributed by atoms with Crippen LogP contribution in [-0.2, 0) is 9.53 Å². The second-order valence-corrected chi connectivity index (χ2v) is 6.30. The standard InChI is InChI=1S/C21H18ClNO3/c1-3-26-21(25)20(24)11-19-17-10-15(22)8-9-16(17)18(12-23-19)14-6-4-13(2)5-7-14/h4-12,24H,3H2,1-2H3/b20-11-. The molecule has 0 aliphatic heterocycles. The molecule has 4 nitrogen and oxygen atoms in total. The highest BCUT2D eigenvalue weighted by Crippen LogP contribution is 2.32. The number of fused-ring (bicyclic) bond motifs is 1. The number of aromatic nitrogens is 1. The molecule has 0 atom stereocenters. The van der Waals surface area contributed by atoms with Crippen LogP contribution in [0.5, 0.6) is 0 Å². The summed E-state index contributed by atoms with van der Waals surface area (Å²) >= 11 is 6.16. The molecule has 0 fully saturated rings. The third-order valence-electron chi connectivity index (χ3n) is 4.00. The molecule has 0 aliphatic rings. The Morgan fingerprint density at radius 3 is 2.62 bits per heavy atom. The molecule has 2 aromatic carbocycles. The number of carbonyl (C=O) groups excluding carboxylic acids is 1. The van der Waals surface area contributed by atoms with Gasteiger partial charge in [-0.25, -0.2) is 4.79 Å². The first-order valence-electron chi connectivity index (χ1n) is 8.22.